The number of carbonyl (C=O) groups is 1. The van der Waals surface area contributed by atoms with Crippen LogP contribution in [0.25, 0.3) is 10.8 Å². The van der Waals surface area contributed by atoms with Crippen molar-refractivity contribution >= 4 is 28.3 Å². The van der Waals surface area contributed by atoms with Crippen molar-refractivity contribution in [2.24, 2.45) is 4.99 Å². The summed E-state index contributed by atoms with van der Waals surface area (Å²) in [7, 11) is 1.56. The number of carboxylic acids is 1. The summed E-state index contributed by atoms with van der Waals surface area (Å²) in [5, 5.41) is 19.1. The molecular weight excluding hydrogens is 248 g/mol. The molecular formula is C13H12N2O4. The van der Waals surface area contributed by atoms with E-state index < -0.39 is 11.8 Å². The van der Waals surface area contributed by atoms with Gasteiger partial charge in [0.25, 0.3) is 0 Å². The lowest BCUT2D eigenvalue weighted by atomic mass is 10.1. The number of rotatable bonds is 2. The third kappa shape index (κ3) is 2.48. The van der Waals surface area contributed by atoms with Crippen molar-refractivity contribution in [3.63, 3.8) is 0 Å². The molecule has 0 heterocycles. The first-order valence-electron chi connectivity index (χ1n) is 5.45. The highest BCUT2D eigenvalue weighted by Gasteiger charge is 2.10. The Bertz CT molecular complexity index is 652. The van der Waals surface area contributed by atoms with Crippen molar-refractivity contribution in [3.05, 3.63) is 36.4 Å². The van der Waals surface area contributed by atoms with Crippen LogP contribution in [0.4, 0.5) is 5.69 Å². The number of hydroxylamine groups is 1. The minimum Gasteiger partial charge on any atom is -0.496 e. The molecule has 6 nitrogen and oxygen atoms in total. The molecule has 2 aromatic rings. The van der Waals surface area contributed by atoms with Crippen molar-refractivity contribution in [3.8, 4) is 5.75 Å². The fraction of sp³-hybridized carbons (Fsp3) is 0.0769. The Kier molecular flexibility index (Phi) is 3.63. The molecule has 0 saturated heterocycles. The summed E-state index contributed by atoms with van der Waals surface area (Å²) >= 11 is 0. The van der Waals surface area contributed by atoms with E-state index in [1.54, 1.807) is 30.8 Å². The van der Waals surface area contributed by atoms with Crippen LogP contribution >= 0.6 is 0 Å². The monoisotopic (exact) mass is 260 g/mol. The molecule has 0 fully saturated rings. The van der Waals surface area contributed by atoms with Crippen LogP contribution in [0.5, 0.6) is 5.75 Å². The minimum atomic E-state index is -1.35. The molecule has 0 aliphatic heterocycles. The fourth-order valence-electron chi connectivity index (χ4n) is 1.77. The van der Waals surface area contributed by atoms with Gasteiger partial charge in [0, 0.05) is 10.8 Å². The lowest BCUT2D eigenvalue weighted by molar-refractivity contribution is -0.130. The molecule has 0 aliphatic carbocycles. The van der Waals surface area contributed by atoms with Gasteiger partial charge in [-0.05, 0) is 12.1 Å². The molecule has 2 rings (SSSR count). The molecule has 98 valence electrons. The van der Waals surface area contributed by atoms with E-state index in [1.165, 1.54) is 0 Å². The van der Waals surface area contributed by atoms with Gasteiger partial charge >= 0.3 is 5.97 Å². The third-order valence-corrected chi connectivity index (χ3v) is 2.62. The molecule has 0 atom stereocenters. The molecule has 19 heavy (non-hydrogen) atoms. The number of aliphatic imine (C=N–C) groups is 1. The zero-order chi connectivity index (χ0) is 13.8. The third-order valence-electron chi connectivity index (χ3n) is 2.62. The largest absolute Gasteiger partial charge is 0.496 e. The second kappa shape index (κ2) is 5.36. The number of hydrogen-bond acceptors (Lipinski definition) is 4. The number of nitrogens with one attached hydrogen (secondary N) is 1. The topological polar surface area (TPSA) is 91.1 Å². The predicted molar refractivity (Wildman–Crippen MR) is 70.2 cm³/mol. The van der Waals surface area contributed by atoms with Crippen LogP contribution in [0.3, 0.4) is 0 Å². The maximum Gasteiger partial charge on any atom is 0.373 e. The van der Waals surface area contributed by atoms with Gasteiger partial charge < -0.3 is 9.84 Å². The van der Waals surface area contributed by atoms with Crippen LogP contribution in [-0.2, 0) is 4.79 Å². The van der Waals surface area contributed by atoms with Crippen LogP contribution < -0.4 is 10.2 Å². The van der Waals surface area contributed by atoms with Crippen LogP contribution in [-0.4, -0.2) is 29.2 Å². The van der Waals surface area contributed by atoms with Gasteiger partial charge in [0.2, 0.25) is 5.84 Å². The number of hydrogen-bond donors (Lipinski definition) is 3. The standard InChI is InChI=1S/C13H12N2O4/c1-19-11-7-6-10(14-12(15-18)13(16)17)8-4-2-3-5-9(8)11/h2-7,18H,1H3,(H,14,15)(H,16,17). The Morgan fingerprint density at radius 2 is 1.89 bits per heavy atom. The second-order valence-electron chi connectivity index (χ2n) is 3.71. The van der Waals surface area contributed by atoms with Gasteiger partial charge in [-0.3, -0.25) is 5.21 Å². The van der Waals surface area contributed by atoms with Gasteiger partial charge in [0.15, 0.2) is 0 Å². The van der Waals surface area contributed by atoms with E-state index in [0.717, 1.165) is 10.8 Å². The van der Waals surface area contributed by atoms with Crippen molar-refractivity contribution in [2.75, 3.05) is 7.11 Å². The van der Waals surface area contributed by atoms with Crippen molar-refractivity contribution in [1.29, 1.82) is 0 Å². The second-order valence-corrected chi connectivity index (χ2v) is 3.71. The first-order valence-corrected chi connectivity index (χ1v) is 5.45. The summed E-state index contributed by atoms with van der Waals surface area (Å²) in [5.74, 6) is -1.22. The van der Waals surface area contributed by atoms with Crippen LogP contribution in [0.1, 0.15) is 0 Å². The number of benzene rings is 2. The first-order chi connectivity index (χ1) is 9.17. The minimum absolute atomic E-state index is 0.426. The number of aliphatic carboxylic acids is 1. The van der Waals surface area contributed by atoms with Crippen LogP contribution in [0, 0.1) is 0 Å². The summed E-state index contributed by atoms with van der Waals surface area (Å²) < 4.78 is 5.23. The summed E-state index contributed by atoms with van der Waals surface area (Å²) in [6.45, 7) is 0. The Morgan fingerprint density at radius 1 is 1.21 bits per heavy atom. The van der Waals surface area contributed by atoms with E-state index in [4.69, 9.17) is 15.1 Å². The van der Waals surface area contributed by atoms with Crippen LogP contribution in [0.15, 0.2) is 41.4 Å². The molecule has 0 aliphatic rings. The van der Waals surface area contributed by atoms with E-state index in [9.17, 15) is 4.79 Å². The van der Waals surface area contributed by atoms with Gasteiger partial charge in [-0.15, -0.1) is 0 Å². The van der Waals surface area contributed by atoms with E-state index in [0.29, 0.717) is 11.4 Å². The summed E-state index contributed by atoms with van der Waals surface area (Å²) in [6, 6.07) is 10.6. The predicted octanol–water partition coefficient (Wildman–Crippen LogP) is 1.94. The summed E-state index contributed by atoms with van der Waals surface area (Å²) in [6.07, 6.45) is 0. The zero-order valence-electron chi connectivity index (χ0n) is 10.1. The highest BCUT2D eigenvalue weighted by Crippen LogP contribution is 2.32. The van der Waals surface area contributed by atoms with E-state index in [2.05, 4.69) is 4.99 Å². The maximum absolute atomic E-state index is 10.8. The van der Waals surface area contributed by atoms with Gasteiger partial charge in [-0.1, -0.05) is 24.3 Å². The van der Waals surface area contributed by atoms with Crippen molar-refractivity contribution in [2.45, 2.75) is 0 Å². The summed E-state index contributed by atoms with van der Waals surface area (Å²) in [4.78, 5) is 14.7. The quantitative estimate of drug-likeness (QED) is 0.436. The lowest BCUT2D eigenvalue weighted by Gasteiger charge is -2.08. The normalized spacial score (nSPS) is 11.4. The lowest BCUT2D eigenvalue weighted by Crippen LogP contribution is -2.27. The van der Waals surface area contributed by atoms with Gasteiger partial charge in [-0.25, -0.2) is 15.3 Å². The molecule has 0 saturated carbocycles. The van der Waals surface area contributed by atoms with Gasteiger partial charge in [0.05, 0.1) is 12.8 Å². The Hall–Kier alpha value is -2.60. The van der Waals surface area contributed by atoms with E-state index >= 15 is 0 Å². The van der Waals surface area contributed by atoms with E-state index in [-0.39, 0.29) is 0 Å². The van der Waals surface area contributed by atoms with Crippen LogP contribution in [0.2, 0.25) is 0 Å². The maximum atomic E-state index is 10.8. The number of nitrogens with zero attached hydrogens (tertiary/aromatic N) is 1. The van der Waals surface area contributed by atoms with E-state index in [1.807, 2.05) is 18.2 Å². The number of carboxylic acid groups (broad SMARTS) is 1. The molecule has 0 unspecified atom stereocenters. The molecule has 2 aromatic carbocycles. The highest BCUT2D eigenvalue weighted by molar-refractivity contribution is 6.34. The average Bonchev–Trinajstić information content (AvgIpc) is 2.44. The molecule has 0 spiro atoms. The SMILES string of the molecule is COc1ccc(N=C(NO)C(=O)O)c2ccccc12. The number of ether oxygens (including phenoxy) is 1. The fourth-order valence-corrected chi connectivity index (χ4v) is 1.77. The molecule has 6 heteroatoms. The molecule has 0 aromatic heterocycles. The highest BCUT2D eigenvalue weighted by atomic mass is 16.5. The Balaban J connectivity index is 2.66. The molecule has 3 N–H and O–H groups in total. The Labute approximate surface area is 108 Å². The molecule has 0 amide bonds. The molecule has 0 bridgehead atoms. The number of methoxy groups -OCH3 is 1. The smallest absolute Gasteiger partial charge is 0.373 e. The van der Waals surface area contributed by atoms with Gasteiger partial charge in [-0.2, -0.15) is 0 Å². The average molecular weight is 260 g/mol. The van der Waals surface area contributed by atoms with Crippen molar-refractivity contribution < 1.29 is 19.8 Å². The van der Waals surface area contributed by atoms with Gasteiger partial charge in [0.1, 0.15) is 5.75 Å². The molecule has 0 radical (unpaired) electrons. The first kappa shape index (κ1) is 12.8. The summed E-state index contributed by atoms with van der Waals surface area (Å²) in [5.41, 5.74) is 1.99. The number of fused-ring (bicyclic) bond motifs is 1. The van der Waals surface area contributed by atoms with Crippen molar-refractivity contribution in [1.82, 2.24) is 5.48 Å². The zero-order valence-corrected chi connectivity index (χ0v) is 10.1. The Morgan fingerprint density at radius 3 is 2.47 bits per heavy atom. The number of amidine groups is 1.